The van der Waals surface area contributed by atoms with Crippen molar-refractivity contribution in [3.05, 3.63) is 48.5 Å². The fourth-order valence-electron chi connectivity index (χ4n) is 5.99. The summed E-state index contributed by atoms with van der Waals surface area (Å²) in [5, 5.41) is 4.74. The molecular weight excluding hydrogens is 474 g/mol. The van der Waals surface area contributed by atoms with Gasteiger partial charge in [-0.05, 0) is 57.4 Å². The molecule has 0 bridgehead atoms. The summed E-state index contributed by atoms with van der Waals surface area (Å²) in [6.45, 7) is 14.8. The Bertz CT molecular complexity index is 1410. The molecule has 0 unspecified atom stereocenters. The molecule has 0 amide bonds. The van der Waals surface area contributed by atoms with Crippen LogP contribution in [0.2, 0.25) is 0 Å². The van der Waals surface area contributed by atoms with E-state index in [4.69, 9.17) is 19.8 Å². The number of fused-ring (bicyclic) bond motifs is 1. The van der Waals surface area contributed by atoms with Crippen LogP contribution < -0.4 is 4.90 Å². The molecule has 2 aliphatic heterocycles. The second-order valence-corrected chi connectivity index (χ2v) is 11.3. The summed E-state index contributed by atoms with van der Waals surface area (Å²) >= 11 is 0. The zero-order valence-electron chi connectivity index (χ0n) is 23.1. The molecule has 0 radical (unpaired) electrons. The molecule has 3 aromatic heterocycles. The van der Waals surface area contributed by atoms with Gasteiger partial charge >= 0.3 is 0 Å². The maximum absolute atomic E-state index is 5.94. The third-order valence-electron chi connectivity index (χ3n) is 8.19. The quantitative estimate of drug-likeness (QED) is 0.376. The van der Waals surface area contributed by atoms with Crippen molar-refractivity contribution in [3.63, 3.8) is 0 Å². The van der Waals surface area contributed by atoms with Gasteiger partial charge in [0.05, 0.1) is 36.3 Å². The number of likely N-dealkylation sites (tertiary alicyclic amines) is 1. The molecule has 0 saturated carbocycles. The number of hydrogen-bond donors (Lipinski definition) is 1. The van der Waals surface area contributed by atoms with Gasteiger partial charge < -0.3 is 19.5 Å². The lowest BCUT2D eigenvalue weighted by atomic mass is 10.0. The summed E-state index contributed by atoms with van der Waals surface area (Å²) in [6.07, 6.45) is 11.3. The highest BCUT2D eigenvalue weighted by molar-refractivity contribution is 5.91. The summed E-state index contributed by atoms with van der Waals surface area (Å²) in [7, 11) is 0. The van der Waals surface area contributed by atoms with E-state index in [-0.39, 0.29) is 5.60 Å². The van der Waals surface area contributed by atoms with E-state index in [0.29, 0.717) is 6.04 Å². The fourth-order valence-corrected chi connectivity index (χ4v) is 5.99. The molecule has 38 heavy (non-hydrogen) atoms. The average Bonchev–Trinajstić information content (AvgIpc) is 3.59. The number of nitrogens with zero attached hydrogens (tertiary/aromatic N) is 6. The number of piperidine rings is 1. The Morgan fingerprint density at radius 3 is 2.68 bits per heavy atom. The topological polar surface area (TPSA) is 75.1 Å². The zero-order valence-corrected chi connectivity index (χ0v) is 23.1. The maximum atomic E-state index is 5.94. The largest absolute Gasteiger partial charge is 0.372 e. The summed E-state index contributed by atoms with van der Waals surface area (Å²) in [5.74, 6) is 0. The van der Waals surface area contributed by atoms with Crippen molar-refractivity contribution >= 4 is 16.9 Å². The van der Waals surface area contributed by atoms with Gasteiger partial charge in [-0.15, -0.1) is 0 Å². The molecule has 2 aliphatic rings. The molecule has 8 nitrogen and oxygen atoms in total. The summed E-state index contributed by atoms with van der Waals surface area (Å²) in [5.41, 5.74) is 8.29. The minimum absolute atomic E-state index is 0.135. The predicted molar refractivity (Wildman–Crippen MR) is 153 cm³/mol. The van der Waals surface area contributed by atoms with Crippen LogP contribution in [-0.2, 0) is 11.2 Å². The SMILES string of the molecule is CCc1cc(-c2cnc3[nH]cc(-c4cnn(C5CCN(CC)CC5)c4)c3n2)ccc1N1CCOC(C)(C)C1. The molecule has 2 saturated heterocycles. The smallest absolute Gasteiger partial charge is 0.156 e. The fraction of sp³-hybridized carbons (Fsp3) is 0.500. The predicted octanol–water partition coefficient (Wildman–Crippen LogP) is 5.32. The van der Waals surface area contributed by atoms with Crippen LogP contribution in [0.5, 0.6) is 0 Å². The second kappa shape index (κ2) is 10.2. The zero-order chi connectivity index (χ0) is 26.3. The molecular formula is C30H39N7O. The number of hydrogen-bond acceptors (Lipinski definition) is 6. The van der Waals surface area contributed by atoms with Crippen molar-refractivity contribution in [2.75, 3.05) is 44.2 Å². The Balaban J connectivity index is 1.28. The number of benzene rings is 1. The number of rotatable bonds is 6. The van der Waals surface area contributed by atoms with Crippen molar-refractivity contribution in [3.8, 4) is 22.4 Å². The molecule has 4 aromatic rings. The molecule has 0 aliphatic carbocycles. The van der Waals surface area contributed by atoms with Gasteiger partial charge in [-0.3, -0.25) is 4.68 Å². The molecule has 1 N–H and O–H groups in total. The van der Waals surface area contributed by atoms with Crippen LogP contribution in [-0.4, -0.2) is 74.6 Å². The number of ether oxygens (including phenoxy) is 1. The van der Waals surface area contributed by atoms with Gasteiger partial charge in [-0.25, -0.2) is 9.97 Å². The van der Waals surface area contributed by atoms with Gasteiger partial charge in [0.2, 0.25) is 0 Å². The van der Waals surface area contributed by atoms with E-state index in [9.17, 15) is 0 Å². The van der Waals surface area contributed by atoms with E-state index in [1.54, 1.807) is 0 Å². The van der Waals surface area contributed by atoms with Gasteiger partial charge in [-0.1, -0.05) is 19.9 Å². The Morgan fingerprint density at radius 2 is 1.92 bits per heavy atom. The van der Waals surface area contributed by atoms with Crippen molar-refractivity contribution < 1.29 is 4.74 Å². The molecule has 0 atom stereocenters. The summed E-state index contributed by atoms with van der Waals surface area (Å²) in [6, 6.07) is 7.16. The molecule has 5 heterocycles. The van der Waals surface area contributed by atoms with Crippen LogP contribution in [0.15, 0.2) is 43.0 Å². The lowest BCUT2D eigenvalue weighted by Crippen LogP contribution is -2.48. The minimum atomic E-state index is -0.135. The van der Waals surface area contributed by atoms with Crippen LogP contribution in [0.4, 0.5) is 5.69 Å². The average molecular weight is 514 g/mol. The van der Waals surface area contributed by atoms with Crippen molar-refractivity contribution in [1.29, 1.82) is 0 Å². The van der Waals surface area contributed by atoms with Crippen molar-refractivity contribution in [1.82, 2.24) is 29.6 Å². The Kier molecular flexibility index (Phi) is 6.70. The molecule has 0 spiro atoms. The highest BCUT2D eigenvalue weighted by Gasteiger charge is 2.28. The maximum Gasteiger partial charge on any atom is 0.156 e. The number of morpholine rings is 1. The molecule has 1 aromatic carbocycles. The second-order valence-electron chi connectivity index (χ2n) is 11.3. The van der Waals surface area contributed by atoms with Gasteiger partial charge in [0.15, 0.2) is 5.65 Å². The lowest BCUT2D eigenvalue weighted by Gasteiger charge is -2.40. The van der Waals surface area contributed by atoms with Crippen LogP contribution >= 0.6 is 0 Å². The summed E-state index contributed by atoms with van der Waals surface area (Å²) in [4.78, 5) is 18.1. The Labute approximate surface area is 225 Å². The highest BCUT2D eigenvalue weighted by atomic mass is 16.5. The van der Waals surface area contributed by atoms with E-state index in [1.165, 1.54) is 11.3 Å². The first-order chi connectivity index (χ1) is 18.4. The van der Waals surface area contributed by atoms with Gasteiger partial charge in [0.25, 0.3) is 0 Å². The Hall–Kier alpha value is -3.23. The molecule has 2 fully saturated rings. The van der Waals surface area contributed by atoms with E-state index in [2.05, 4.69) is 71.6 Å². The van der Waals surface area contributed by atoms with Crippen molar-refractivity contribution in [2.24, 2.45) is 0 Å². The van der Waals surface area contributed by atoms with Crippen molar-refractivity contribution in [2.45, 2.75) is 58.6 Å². The third-order valence-corrected chi connectivity index (χ3v) is 8.19. The first-order valence-corrected chi connectivity index (χ1v) is 14.1. The number of aromatic nitrogens is 5. The number of nitrogens with one attached hydrogen (secondary N) is 1. The normalized spacial score (nSPS) is 18.9. The molecule has 6 rings (SSSR count). The van der Waals surface area contributed by atoms with Gasteiger partial charge in [0, 0.05) is 61.0 Å². The Morgan fingerprint density at radius 1 is 1.08 bits per heavy atom. The first kappa shape index (κ1) is 25.1. The third kappa shape index (κ3) is 4.83. The summed E-state index contributed by atoms with van der Waals surface area (Å²) < 4.78 is 8.09. The molecule has 8 heteroatoms. The van der Waals surface area contributed by atoms with E-state index in [0.717, 1.165) is 92.1 Å². The standard InChI is InChI=1S/C30H39N7O/c1-5-21-15-22(7-8-27(21)36-13-14-38-30(3,4)20-36)26-18-32-29-28(34-26)25(17-31-29)23-16-33-37(19-23)24-9-11-35(6-2)12-10-24/h7-8,15-19,24H,5-6,9-14,20H2,1-4H3,(H,31,32). The van der Waals surface area contributed by atoms with Gasteiger partial charge in [-0.2, -0.15) is 5.10 Å². The minimum Gasteiger partial charge on any atom is -0.372 e. The van der Waals surface area contributed by atoms with Crippen LogP contribution in [0.3, 0.4) is 0 Å². The van der Waals surface area contributed by atoms with E-state index >= 15 is 0 Å². The van der Waals surface area contributed by atoms with Crippen LogP contribution in [0, 0.1) is 0 Å². The van der Waals surface area contributed by atoms with E-state index < -0.39 is 0 Å². The number of aromatic amines is 1. The van der Waals surface area contributed by atoms with Crippen LogP contribution in [0.25, 0.3) is 33.5 Å². The highest BCUT2D eigenvalue weighted by Crippen LogP contribution is 2.33. The van der Waals surface area contributed by atoms with Gasteiger partial charge in [0.1, 0.15) is 5.52 Å². The number of anilines is 1. The number of aryl methyl sites for hydroxylation is 1. The number of H-pyrrole nitrogens is 1. The van der Waals surface area contributed by atoms with Crippen LogP contribution in [0.1, 0.15) is 52.1 Å². The lowest BCUT2D eigenvalue weighted by molar-refractivity contribution is -0.0277. The monoisotopic (exact) mass is 513 g/mol. The molecule has 200 valence electrons. The first-order valence-electron chi connectivity index (χ1n) is 14.1. The van der Waals surface area contributed by atoms with E-state index in [1.807, 2.05) is 18.6 Å².